The van der Waals surface area contributed by atoms with Gasteiger partial charge in [0.25, 0.3) is 0 Å². The molecule has 1 fully saturated rings. The number of nitrogens with zero attached hydrogens (tertiary/aromatic N) is 4. The number of carbonyl (C=O) groups is 3. The lowest BCUT2D eigenvalue weighted by atomic mass is 9.85. The van der Waals surface area contributed by atoms with Gasteiger partial charge >= 0.3 is 25.7 Å². The summed E-state index contributed by atoms with van der Waals surface area (Å²) in [6.45, 7) is 8.05. The molecule has 3 heterocycles. The molecule has 1 aliphatic heterocycles. The van der Waals surface area contributed by atoms with Gasteiger partial charge < -0.3 is 29.2 Å². The highest BCUT2D eigenvalue weighted by Gasteiger charge is 2.67. The molecule has 5 atom stereocenters. The molecule has 16 nitrogen and oxygen atoms in total. The lowest BCUT2D eigenvalue weighted by Crippen LogP contribution is -2.55. The number of esters is 3. The third-order valence-electron chi connectivity index (χ3n) is 7.37. The maximum absolute atomic E-state index is 14.3. The molecule has 17 heteroatoms. The van der Waals surface area contributed by atoms with Crippen LogP contribution in [-0.4, -0.2) is 70.1 Å². The smallest absolute Gasteiger partial charge is 0.459 e. The highest BCUT2D eigenvalue weighted by atomic mass is 31.2. The highest BCUT2D eigenvalue weighted by Crippen LogP contribution is 2.51. The summed E-state index contributed by atoms with van der Waals surface area (Å²) in [7, 11) is -4.53. The molecule has 2 aromatic heterocycles. The number of benzene rings is 1. The number of anilines is 1. The van der Waals surface area contributed by atoms with Gasteiger partial charge in [-0.3, -0.25) is 18.9 Å². The molecule has 0 saturated carbocycles. The van der Waals surface area contributed by atoms with Gasteiger partial charge in [-0.15, -0.1) is 0 Å². The van der Waals surface area contributed by atoms with E-state index in [-0.39, 0.29) is 23.9 Å². The second kappa shape index (κ2) is 14.7. The van der Waals surface area contributed by atoms with Crippen LogP contribution in [-0.2, 0) is 48.0 Å². The van der Waals surface area contributed by atoms with Crippen molar-refractivity contribution in [1.82, 2.24) is 19.7 Å². The summed E-state index contributed by atoms with van der Waals surface area (Å²) in [5.41, 5.74) is 2.32. The molecule has 48 heavy (non-hydrogen) atoms. The second-order valence-electron chi connectivity index (χ2n) is 11.7. The Bertz CT molecular complexity index is 1730. The molecule has 0 aliphatic carbocycles. The molecule has 3 aromatic rings. The number of aromatic nitrogens is 3. The van der Waals surface area contributed by atoms with Crippen molar-refractivity contribution in [3.05, 3.63) is 54.5 Å². The summed E-state index contributed by atoms with van der Waals surface area (Å²) in [6, 6.07) is 11.9. The van der Waals surface area contributed by atoms with Gasteiger partial charge in [0.15, 0.2) is 11.9 Å². The molecule has 258 valence electrons. The van der Waals surface area contributed by atoms with E-state index in [0.717, 1.165) is 0 Å². The maximum Gasteiger partial charge on any atom is 0.459 e. The Morgan fingerprint density at radius 1 is 1.10 bits per heavy atom. The first-order chi connectivity index (χ1) is 22.7. The van der Waals surface area contributed by atoms with E-state index in [1.807, 2.05) is 6.07 Å². The van der Waals surface area contributed by atoms with Crippen LogP contribution in [0.4, 0.5) is 5.82 Å². The Hall–Kier alpha value is -4.55. The SMILES string of the molecule is CCOC(=O)[C@H](C)NP(=O)(OC[C@@]1(C#N)OCC(OC(=O)C(C)C)(c2ccc3c(N)ncnn23)[C@@H]1OC(=O)C(C)C)Oc1ccccc1. The van der Waals surface area contributed by atoms with Crippen LogP contribution in [0.1, 0.15) is 47.2 Å². The zero-order valence-electron chi connectivity index (χ0n) is 27.4. The Balaban J connectivity index is 1.83. The summed E-state index contributed by atoms with van der Waals surface area (Å²) in [6.07, 6.45) is -0.530. The topological polar surface area (TPSA) is 216 Å². The molecule has 4 rings (SSSR count). The van der Waals surface area contributed by atoms with Crippen LogP contribution >= 0.6 is 7.75 Å². The van der Waals surface area contributed by atoms with Crippen molar-refractivity contribution in [3.8, 4) is 11.8 Å². The minimum Gasteiger partial charge on any atom is -0.465 e. The van der Waals surface area contributed by atoms with E-state index >= 15 is 0 Å². The normalized spacial score (nSPS) is 22.5. The Labute approximate surface area is 277 Å². The Kier molecular flexibility index (Phi) is 11.1. The van der Waals surface area contributed by atoms with E-state index in [4.69, 9.17) is 33.7 Å². The molecule has 0 amide bonds. The third kappa shape index (κ3) is 7.44. The summed E-state index contributed by atoms with van der Waals surface area (Å²) in [4.78, 5) is 43.0. The molecular weight excluding hydrogens is 647 g/mol. The molecule has 0 radical (unpaired) electrons. The van der Waals surface area contributed by atoms with Crippen molar-refractivity contribution in [2.45, 2.75) is 64.9 Å². The molecule has 1 aromatic carbocycles. The van der Waals surface area contributed by atoms with Crippen LogP contribution in [0.25, 0.3) is 5.52 Å². The zero-order chi connectivity index (χ0) is 35.3. The number of fused-ring (bicyclic) bond motifs is 1. The number of hydrogen-bond donors (Lipinski definition) is 2. The number of hydrogen-bond acceptors (Lipinski definition) is 14. The van der Waals surface area contributed by atoms with Gasteiger partial charge in [0, 0.05) is 0 Å². The number of para-hydroxylation sites is 1. The Morgan fingerprint density at radius 3 is 2.42 bits per heavy atom. The average molecular weight is 687 g/mol. The molecule has 1 aliphatic rings. The summed E-state index contributed by atoms with van der Waals surface area (Å²) >= 11 is 0. The van der Waals surface area contributed by atoms with Crippen molar-refractivity contribution in [2.75, 3.05) is 25.6 Å². The number of nitrogens with two attached hydrogens (primary N) is 1. The number of carbonyl (C=O) groups excluding carboxylic acids is 3. The molecule has 1 saturated heterocycles. The highest BCUT2D eigenvalue weighted by molar-refractivity contribution is 7.52. The third-order valence-corrected chi connectivity index (χ3v) is 8.99. The standard InChI is InChI=1S/C31H39N6O10P/c1-7-42-28(40)21(6)36-48(41,47-22-11-9-8-10-12-22)44-16-30(15-32)29(45-26(38)19(2)3)31(17-43-30,46-27(39)20(4)5)24-14-13-23-25(33)34-18-35-37(23)24/h8-14,18-21,29H,7,16-17H2,1-6H3,(H,36,41)(H2,33,34,35)/t21-,29+,30+,31?,48?/m0/s1. The van der Waals surface area contributed by atoms with Gasteiger partial charge in [0.2, 0.25) is 11.2 Å². The number of nitriles is 1. The van der Waals surface area contributed by atoms with E-state index in [2.05, 4.69) is 15.2 Å². The van der Waals surface area contributed by atoms with E-state index in [0.29, 0.717) is 5.52 Å². The van der Waals surface area contributed by atoms with Crippen molar-refractivity contribution < 1.29 is 46.9 Å². The van der Waals surface area contributed by atoms with E-state index < -0.39 is 74.1 Å². The van der Waals surface area contributed by atoms with Crippen LogP contribution in [0.3, 0.4) is 0 Å². The summed E-state index contributed by atoms with van der Waals surface area (Å²) in [5.74, 6) is -3.34. The van der Waals surface area contributed by atoms with Crippen molar-refractivity contribution in [1.29, 1.82) is 5.26 Å². The van der Waals surface area contributed by atoms with Gasteiger partial charge in [-0.2, -0.15) is 15.4 Å². The van der Waals surface area contributed by atoms with Gasteiger partial charge in [-0.1, -0.05) is 45.9 Å². The number of nitrogens with one attached hydrogen (secondary N) is 1. The zero-order valence-corrected chi connectivity index (χ0v) is 28.3. The van der Waals surface area contributed by atoms with E-state index in [9.17, 15) is 24.2 Å². The van der Waals surface area contributed by atoms with Gasteiger partial charge in [-0.05, 0) is 38.1 Å². The van der Waals surface area contributed by atoms with Gasteiger partial charge in [-0.25, -0.2) is 14.1 Å². The maximum atomic E-state index is 14.3. The predicted octanol–water partition coefficient (Wildman–Crippen LogP) is 3.31. The first-order valence-corrected chi connectivity index (χ1v) is 16.8. The number of nitrogen functional groups attached to an aromatic ring is 1. The first-order valence-electron chi connectivity index (χ1n) is 15.2. The molecule has 0 bridgehead atoms. The van der Waals surface area contributed by atoms with Crippen LogP contribution in [0.15, 0.2) is 48.8 Å². The minimum atomic E-state index is -4.53. The van der Waals surface area contributed by atoms with E-state index in [1.54, 1.807) is 58.9 Å². The fourth-order valence-corrected chi connectivity index (χ4v) is 6.33. The lowest BCUT2D eigenvalue weighted by molar-refractivity contribution is -0.191. The summed E-state index contributed by atoms with van der Waals surface area (Å²) in [5, 5.41) is 17.5. The van der Waals surface area contributed by atoms with Crippen LogP contribution < -0.4 is 15.3 Å². The average Bonchev–Trinajstić information content (AvgIpc) is 3.62. The Morgan fingerprint density at radius 2 is 1.79 bits per heavy atom. The largest absolute Gasteiger partial charge is 0.465 e. The quantitative estimate of drug-likeness (QED) is 0.141. The molecule has 3 N–H and O–H groups in total. The predicted molar refractivity (Wildman–Crippen MR) is 169 cm³/mol. The number of rotatable bonds is 14. The monoisotopic (exact) mass is 686 g/mol. The van der Waals surface area contributed by atoms with Crippen molar-refractivity contribution >= 4 is 37.0 Å². The first kappa shape index (κ1) is 36.3. The minimum absolute atomic E-state index is 0.0615. The molecule has 0 spiro atoms. The van der Waals surface area contributed by atoms with Gasteiger partial charge in [0.05, 0.1) is 30.7 Å². The van der Waals surface area contributed by atoms with Gasteiger partial charge in [0.1, 0.15) is 36.3 Å². The van der Waals surface area contributed by atoms with Crippen LogP contribution in [0.5, 0.6) is 5.75 Å². The lowest BCUT2D eigenvalue weighted by Gasteiger charge is -2.37. The van der Waals surface area contributed by atoms with Crippen molar-refractivity contribution in [3.63, 3.8) is 0 Å². The van der Waals surface area contributed by atoms with E-state index in [1.165, 1.54) is 36.0 Å². The van der Waals surface area contributed by atoms with Crippen molar-refractivity contribution in [2.24, 2.45) is 11.8 Å². The molecular formula is C31H39N6O10P. The fourth-order valence-electron chi connectivity index (χ4n) is 4.81. The molecule has 2 unspecified atom stereocenters. The van der Waals surface area contributed by atoms with Crippen LogP contribution in [0.2, 0.25) is 0 Å². The summed E-state index contributed by atoms with van der Waals surface area (Å²) < 4.78 is 50.4. The number of ether oxygens (including phenoxy) is 4. The fraction of sp³-hybridized carbons (Fsp3) is 0.484. The second-order valence-corrected chi connectivity index (χ2v) is 13.4. The van der Waals surface area contributed by atoms with Crippen LogP contribution in [0, 0.1) is 23.2 Å².